The third-order valence-electron chi connectivity index (χ3n) is 5.10. The fourth-order valence-electron chi connectivity index (χ4n) is 3.71. The van der Waals surface area contributed by atoms with Crippen LogP contribution in [0.1, 0.15) is 18.1 Å². The smallest absolute Gasteiger partial charge is 0.322 e. The fraction of sp³-hybridized carbons (Fsp3) is 0.350. The van der Waals surface area contributed by atoms with E-state index in [1.54, 1.807) is 6.33 Å². The number of aryl methyl sites for hydroxylation is 2. The summed E-state index contributed by atoms with van der Waals surface area (Å²) >= 11 is 0. The van der Waals surface area contributed by atoms with Gasteiger partial charge in [-0.1, -0.05) is 12.1 Å². The van der Waals surface area contributed by atoms with Crippen LogP contribution in [0.15, 0.2) is 36.8 Å². The van der Waals surface area contributed by atoms with Gasteiger partial charge in [-0.2, -0.15) is 0 Å². The number of benzene rings is 1. The van der Waals surface area contributed by atoms with Gasteiger partial charge in [-0.15, -0.1) is 0 Å². The molecule has 0 radical (unpaired) electrons. The first-order valence-electron chi connectivity index (χ1n) is 9.21. The molecule has 1 atom stereocenters. The number of fused-ring (bicyclic) bond motifs is 1. The zero-order chi connectivity index (χ0) is 19.0. The van der Waals surface area contributed by atoms with Crippen molar-refractivity contribution >= 4 is 28.6 Å². The zero-order valence-corrected chi connectivity index (χ0v) is 15.9. The highest BCUT2D eigenvalue weighted by Crippen LogP contribution is 2.27. The number of hydrogen-bond donors (Lipinski definition) is 2. The molecule has 7 nitrogen and oxygen atoms in total. The summed E-state index contributed by atoms with van der Waals surface area (Å²) in [6, 6.07) is 7.88. The largest absolute Gasteiger partial charge is 0.352 e. The minimum atomic E-state index is -0.0570. The Bertz CT molecular complexity index is 982. The molecule has 0 spiro atoms. The monoisotopic (exact) mass is 364 g/mol. The summed E-state index contributed by atoms with van der Waals surface area (Å²) in [5.41, 5.74) is 3.94. The Balaban J connectivity index is 1.49. The van der Waals surface area contributed by atoms with E-state index in [4.69, 9.17) is 0 Å². The number of amides is 2. The molecule has 1 fully saturated rings. The molecule has 3 aromatic rings. The lowest BCUT2D eigenvalue weighted by Crippen LogP contribution is -2.55. The molecule has 4 rings (SSSR count). The van der Waals surface area contributed by atoms with Gasteiger partial charge in [0.25, 0.3) is 0 Å². The second kappa shape index (κ2) is 6.90. The molecule has 0 aliphatic carbocycles. The number of nitrogens with one attached hydrogen (secondary N) is 2. The lowest BCUT2D eigenvalue weighted by Gasteiger charge is -2.40. The maximum Gasteiger partial charge on any atom is 0.322 e. The lowest BCUT2D eigenvalue weighted by molar-refractivity contribution is 0.184. The minimum Gasteiger partial charge on any atom is -0.352 e. The summed E-state index contributed by atoms with van der Waals surface area (Å²) in [6.07, 6.45) is 3.55. The normalized spacial score (nSPS) is 17.4. The van der Waals surface area contributed by atoms with Crippen LogP contribution in [0, 0.1) is 13.8 Å². The average molecular weight is 364 g/mol. The summed E-state index contributed by atoms with van der Waals surface area (Å²) in [6.45, 7) is 8.27. The van der Waals surface area contributed by atoms with Crippen molar-refractivity contribution < 1.29 is 4.79 Å². The van der Waals surface area contributed by atoms with Crippen molar-refractivity contribution in [3.05, 3.63) is 47.9 Å². The predicted molar refractivity (Wildman–Crippen MR) is 107 cm³/mol. The molecular formula is C20H24N6O. The molecule has 1 aliphatic heterocycles. The first kappa shape index (κ1) is 17.3. The van der Waals surface area contributed by atoms with E-state index in [9.17, 15) is 4.79 Å². The molecule has 1 saturated heterocycles. The number of anilines is 2. The molecule has 2 amide bonds. The van der Waals surface area contributed by atoms with Gasteiger partial charge in [-0.3, -0.25) is 0 Å². The minimum absolute atomic E-state index is 0.0570. The van der Waals surface area contributed by atoms with Crippen molar-refractivity contribution in [3.63, 3.8) is 0 Å². The summed E-state index contributed by atoms with van der Waals surface area (Å²) in [5, 5.41) is 4.07. The predicted octanol–water partition coefficient (Wildman–Crippen LogP) is 3.32. The molecule has 2 N–H and O–H groups in total. The summed E-state index contributed by atoms with van der Waals surface area (Å²) in [5.74, 6) is 0.935. The summed E-state index contributed by atoms with van der Waals surface area (Å²) in [4.78, 5) is 28.9. The highest BCUT2D eigenvalue weighted by molar-refractivity contribution is 5.91. The number of nitrogens with zero attached hydrogens (tertiary/aromatic N) is 4. The number of aromatic nitrogens is 3. The Morgan fingerprint density at radius 1 is 1.26 bits per heavy atom. The molecule has 2 aromatic heterocycles. The van der Waals surface area contributed by atoms with Crippen molar-refractivity contribution in [1.82, 2.24) is 19.9 Å². The SMILES string of the molecule is Cc1cccc(NC(=O)N2CCN(c3ncnc4[nH]cc(C)c34)C[C@@H]2C)c1. The van der Waals surface area contributed by atoms with Crippen LogP contribution in [-0.4, -0.2) is 51.6 Å². The van der Waals surface area contributed by atoms with Crippen molar-refractivity contribution in [1.29, 1.82) is 0 Å². The van der Waals surface area contributed by atoms with E-state index in [-0.39, 0.29) is 12.1 Å². The van der Waals surface area contributed by atoms with Crippen molar-refractivity contribution in [2.75, 3.05) is 29.9 Å². The van der Waals surface area contributed by atoms with Gasteiger partial charge >= 0.3 is 6.03 Å². The van der Waals surface area contributed by atoms with E-state index in [1.807, 2.05) is 42.3 Å². The van der Waals surface area contributed by atoms with Crippen molar-refractivity contribution in [2.45, 2.75) is 26.8 Å². The van der Waals surface area contributed by atoms with Crippen LogP contribution in [0.2, 0.25) is 0 Å². The molecule has 140 valence electrons. The molecule has 0 unspecified atom stereocenters. The quantitative estimate of drug-likeness (QED) is 0.731. The van der Waals surface area contributed by atoms with Gasteiger partial charge in [0.2, 0.25) is 0 Å². The molecule has 1 aromatic carbocycles. The molecule has 7 heteroatoms. The van der Waals surface area contributed by atoms with Gasteiger partial charge in [0.1, 0.15) is 17.8 Å². The Kier molecular flexibility index (Phi) is 4.43. The van der Waals surface area contributed by atoms with Gasteiger partial charge < -0.3 is 20.1 Å². The van der Waals surface area contributed by atoms with Crippen LogP contribution in [0.25, 0.3) is 11.0 Å². The number of carbonyl (C=O) groups excluding carboxylic acids is 1. The van der Waals surface area contributed by atoms with Gasteiger partial charge in [0.15, 0.2) is 0 Å². The van der Waals surface area contributed by atoms with Crippen molar-refractivity contribution in [2.24, 2.45) is 0 Å². The van der Waals surface area contributed by atoms with Crippen LogP contribution >= 0.6 is 0 Å². The second-order valence-electron chi connectivity index (χ2n) is 7.18. The Hall–Kier alpha value is -3.09. The molecule has 0 saturated carbocycles. The highest BCUT2D eigenvalue weighted by Gasteiger charge is 2.29. The molecule has 3 heterocycles. The molecule has 0 bridgehead atoms. The van der Waals surface area contributed by atoms with E-state index >= 15 is 0 Å². The Morgan fingerprint density at radius 3 is 2.89 bits per heavy atom. The van der Waals surface area contributed by atoms with Crippen LogP contribution in [0.3, 0.4) is 0 Å². The van der Waals surface area contributed by atoms with Crippen molar-refractivity contribution in [3.8, 4) is 0 Å². The van der Waals surface area contributed by atoms with E-state index < -0.39 is 0 Å². The van der Waals surface area contributed by atoms with Crippen LogP contribution in [0.4, 0.5) is 16.3 Å². The highest BCUT2D eigenvalue weighted by atomic mass is 16.2. The van der Waals surface area contributed by atoms with E-state index in [2.05, 4.69) is 39.0 Å². The first-order valence-corrected chi connectivity index (χ1v) is 9.21. The zero-order valence-electron chi connectivity index (χ0n) is 15.9. The standard InChI is InChI=1S/C20H24N6O/c1-13-5-4-6-16(9-13)24-20(27)26-8-7-25(11-15(26)3)19-17-14(2)10-21-18(17)22-12-23-19/h4-6,9-10,12,15H,7-8,11H2,1-3H3,(H,24,27)(H,21,22,23)/t15-/m0/s1. The number of hydrogen-bond acceptors (Lipinski definition) is 4. The summed E-state index contributed by atoms with van der Waals surface area (Å²) in [7, 11) is 0. The van der Waals surface area contributed by atoms with Crippen LogP contribution < -0.4 is 10.2 Å². The first-order chi connectivity index (χ1) is 13.0. The van der Waals surface area contributed by atoms with Gasteiger partial charge in [0.05, 0.1) is 5.39 Å². The van der Waals surface area contributed by atoms with Gasteiger partial charge in [-0.05, 0) is 44.0 Å². The molecule has 1 aliphatic rings. The number of rotatable bonds is 2. The maximum absolute atomic E-state index is 12.7. The van der Waals surface area contributed by atoms with Gasteiger partial charge in [0, 0.05) is 37.6 Å². The van der Waals surface area contributed by atoms with Crippen LogP contribution in [-0.2, 0) is 0 Å². The second-order valence-corrected chi connectivity index (χ2v) is 7.18. The van der Waals surface area contributed by atoms with E-state index in [0.29, 0.717) is 6.54 Å². The Labute approximate surface area is 158 Å². The third kappa shape index (κ3) is 3.32. The molecular weight excluding hydrogens is 340 g/mol. The number of piperazine rings is 1. The van der Waals surface area contributed by atoms with Crippen LogP contribution in [0.5, 0.6) is 0 Å². The average Bonchev–Trinajstić information content (AvgIpc) is 3.03. The van der Waals surface area contributed by atoms with Gasteiger partial charge in [-0.25, -0.2) is 14.8 Å². The summed E-state index contributed by atoms with van der Waals surface area (Å²) < 4.78 is 0. The molecule has 27 heavy (non-hydrogen) atoms. The maximum atomic E-state index is 12.7. The fourth-order valence-corrected chi connectivity index (χ4v) is 3.71. The third-order valence-corrected chi connectivity index (χ3v) is 5.10. The number of aromatic amines is 1. The number of H-pyrrole nitrogens is 1. The number of carbonyl (C=O) groups is 1. The van der Waals surface area contributed by atoms with E-state index in [0.717, 1.165) is 46.8 Å². The Morgan fingerprint density at radius 2 is 2.11 bits per heavy atom. The number of urea groups is 1. The lowest BCUT2D eigenvalue weighted by atomic mass is 10.1. The van der Waals surface area contributed by atoms with E-state index in [1.165, 1.54) is 0 Å². The topological polar surface area (TPSA) is 77.2 Å².